The van der Waals surface area contributed by atoms with Crippen molar-refractivity contribution >= 4 is 11.9 Å². The Morgan fingerprint density at radius 2 is 2.21 bits per heavy atom. The van der Waals surface area contributed by atoms with Gasteiger partial charge in [0.2, 0.25) is 0 Å². The highest BCUT2D eigenvalue weighted by atomic mass is 16.5. The van der Waals surface area contributed by atoms with Crippen LogP contribution in [0.2, 0.25) is 0 Å². The van der Waals surface area contributed by atoms with Crippen molar-refractivity contribution < 1.29 is 19.4 Å². The third kappa shape index (κ3) is 3.71. The zero-order chi connectivity index (χ0) is 14.4. The number of ether oxygens (including phenoxy) is 1. The van der Waals surface area contributed by atoms with Crippen molar-refractivity contribution in [3.63, 3.8) is 0 Å². The predicted octanol–water partition coefficient (Wildman–Crippen LogP) is 0.370. The SMILES string of the molecule is CC#Cc1cc(O)c(C(=O)NCC(=O)OC)nc1C. The normalized spacial score (nSPS) is 9.21. The number of methoxy groups -OCH3 is 1. The Morgan fingerprint density at radius 1 is 1.53 bits per heavy atom. The molecule has 0 radical (unpaired) electrons. The van der Waals surface area contributed by atoms with E-state index >= 15 is 0 Å². The zero-order valence-corrected chi connectivity index (χ0v) is 10.9. The van der Waals surface area contributed by atoms with Gasteiger partial charge in [-0.2, -0.15) is 0 Å². The Kier molecular flexibility index (Phi) is 4.89. The Bertz CT molecular complexity index is 570. The summed E-state index contributed by atoms with van der Waals surface area (Å²) in [6, 6.07) is 1.37. The zero-order valence-electron chi connectivity index (χ0n) is 10.9. The van der Waals surface area contributed by atoms with Crippen LogP contribution >= 0.6 is 0 Å². The molecule has 1 amide bonds. The molecule has 1 heterocycles. The largest absolute Gasteiger partial charge is 0.505 e. The van der Waals surface area contributed by atoms with E-state index in [1.165, 1.54) is 13.2 Å². The third-order valence-corrected chi connectivity index (χ3v) is 2.29. The number of aromatic nitrogens is 1. The van der Waals surface area contributed by atoms with E-state index in [0.717, 1.165) is 0 Å². The van der Waals surface area contributed by atoms with Gasteiger partial charge >= 0.3 is 5.97 Å². The summed E-state index contributed by atoms with van der Waals surface area (Å²) in [4.78, 5) is 26.6. The van der Waals surface area contributed by atoms with Crippen molar-refractivity contribution in [2.24, 2.45) is 0 Å². The molecule has 2 N–H and O–H groups in total. The number of nitrogens with one attached hydrogen (secondary N) is 1. The highest BCUT2D eigenvalue weighted by Gasteiger charge is 2.16. The van der Waals surface area contributed by atoms with E-state index in [1.807, 2.05) is 0 Å². The first-order valence-corrected chi connectivity index (χ1v) is 5.48. The maximum atomic E-state index is 11.7. The summed E-state index contributed by atoms with van der Waals surface area (Å²) >= 11 is 0. The van der Waals surface area contributed by atoms with Crippen molar-refractivity contribution in [3.05, 3.63) is 23.0 Å². The first kappa shape index (κ1) is 14.5. The first-order valence-electron chi connectivity index (χ1n) is 5.48. The highest BCUT2D eigenvalue weighted by molar-refractivity contribution is 5.96. The number of nitrogens with zero attached hydrogens (tertiary/aromatic N) is 1. The number of hydrogen-bond donors (Lipinski definition) is 2. The van der Waals surface area contributed by atoms with E-state index in [1.54, 1.807) is 13.8 Å². The fourth-order valence-electron chi connectivity index (χ4n) is 1.33. The van der Waals surface area contributed by atoms with E-state index in [9.17, 15) is 14.7 Å². The number of pyridine rings is 1. The number of esters is 1. The summed E-state index contributed by atoms with van der Waals surface area (Å²) in [6.07, 6.45) is 0. The van der Waals surface area contributed by atoms with E-state index < -0.39 is 11.9 Å². The third-order valence-electron chi connectivity index (χ3n) is 2.29. The second kappa shape index (κ2) is 6.40. The molecule has 0 saturated carbocycles. The van der Waals surface area contributed by atoms with Crippen molar-refractivity contribution in [3.8, 4) is 17.6 Å². The maximum Gasteiger partial charge on any atom is 0.325 e. The number of rotatable bonds is 3. The minimum absolute atomic E-state index is 0.150. The number of carbonyl (C=O) groups excluding carboxylic acids is 2. The van der Waals surface area contributed by atoms with Crippen LogP contribution in [0.5, 0.6) is 5.75 Å². The summed E-state index contributed by atoms with van der Waals surface area (Å²) in [7, 11) is 1.21. The van der Waals surface area contributed by atoms with Crippen molar-refractivity contribution in [1.29, 1.82) is 0 Å². The Labute approximate surface area is 110 Å². The minimum Gasteiger partial charge on any atom is -0.505 e. The molecule has 1 aromatic heterocycles. The molecular weight excluding hydrogens is 248 g/mol. The van der Waals surface area contributed by atoms with Crippen LogP contribution in [-0.4, -0.2) is 35.6 Å². The summed E-state index contributed by atoms with van der Waals surface area (Å²) in [5, 5.41) is 12.0. The molecule has 6 heteroatoms. The standard InChI is InChI=1S/C13H14N2O4/c1-4-5-9-6-10(16)12(15-8(9)2)13(18)14-7-11(17)19-3/h6,16H,7H2,1-3H3,(H,14,18). The molecule has 0 bridgehead atoms. The first-order chi connectivity index (χ1) is 8.99. The molecule has 0 aliphatic heterocycles. The molecule has 0 fully saturated rings. The molecule has 6 nitrogen and oxygen atoms in total. The van der Waals surface area contributed by atoms with Gasteiger partial charge in [0.25, 0.3) is 5.91 Å². The van der Waals surface area contributed by atoms with Crippen molar-refractivity contribution in [2.45, 2.75) is 13.8 Å². The van der Waals surface area contributed by atoms with Crippen molar-refractivity contribution in [2.75, 3.05) is 13.7 Å². The monoisotopic (exact) mass is 262 g/mol. The van der Waals surface area contributed by atoms with Gasteiger partial charge in [-0.3, -0.25) is 9.59 Å². The Balaban J connectivity index is 2.94. The minimum atomic E-state index is -0.651. The molecule has 0 atom stereocenters. The summed E-state index contributed by atoms with van der Waals surface area (Å²) in [6.45, 7) is 3.05. The fourth-order valence-corrected chi connectivity index (χ4v) is 1.33. The highest BCUT2D eigenvalue weighted by Crippen LogP contribution is 2.18. The quantitative estimate of drug-likeness (QED) is 0.607. The number of amides is 1. The van der Waals surface area contributed by atoms with Crippen LogP contribution < -0.4 is 5.32 Å². The smallest absolute Gasteiger partial charge is 0.325 e. The van der Waals surface area contributed by atoms with Gasteiger partial charge in [0.05, 0.1) is 12.8 Å². The van der Waals surface area contributed by atoms with E-state index in [2.05, 4.69) is 26.9 Å². The molecule has 0 aliphatic rings. The number of hydrogen-bond acceptors (Lipinski definition) is 5. The van der Waals surface area contributed by atoms with Gasteiger partial charge in [0.1, 0.15) is 12.3 Å². The molecule has 0 saturated heterocycles. The van der Waals surface area contributed by atoms with Crippen LogP contribution in [0.15, 0.2) is 6.07 Å². The Morgan fingerprint density at radius 3 is 2.79 bits per heavy atom. The van der Waals surface area contributed by atoms with Crippen LogP contribution in [0.4, 0.5) is 0 Å². The molecule has 100 valence electrons. The average molecular weight is 262 g/mol. The van der Waals surface area contributed by atoms with Gasteiger partial charge in [0, 0.05) is 5.56 Å². The van der Waals surface area contributed by atoms with Gasteiger partial charge < -0.3 is 15.2 Å². The lowest BCUT2D eigenvalue weighted by atomic mass is 10.1. The molecule has 1 aromatic rings. The second-order valence-electron chi connectivity index (χ2n) is 3.62. The number of carbonyl (C=O) groups is 2. The van der Waals surface area contributed by atoms with E-state index in [4.69, 9.17) is 0 Å². The molecule has 0 spiro atoms. The lowest BCUT2D eigenvalue weighted by molar-refractivity contribution is -0.139. The topological polar surface area (TPSA) is 88.5 Å². The van der Waals surface area contributed by atoms with Crippen LogP contribution in [-0.2, 0) is 9.53 Å². The van der Waals surface area contributed by atoms with Gasteiger partial charge in [-0.1, -0.05) is 5.92 Å². The van der Waals surface area contributed by atoms with Crippen LogP contribution in [0.3, 0.4) is 0 Å². The van der Waals surface area contributed by atoms with Crippen LogP contribution in [0, 0.1) is 18.8 Å². The molecule has 0 unspecified atom stereocenters. The fraction of sp³-hybridized carbons (Fsp3) is 0.308. The maximum absolute atomic E-state index is 11.7. The number of aromatic hydroxyl groups is 1. The van der Waals surface area contributed by atoms with Gasteiger partial charge in [0.15, 0.2) is 5.69 Å². The van der Waals surface area contributed by atoms with Gasteiger partial charge in [-0.05, 0) is 19.9 Å². The summed E-state index contributed by atoms with van der Waals surface area (Å²) in [5.74, 6) is 3.93. The Hall–Kier alpha value is -2.55. The van der Waals surface area contributed by atoms with Gasteiger partial charge in [-0.15, -0.1) is 5.92 Å². The van der Waals surface area contributed by atoms with Crippen LogP contribution in [0.25, 0.3) is 0 Å². The molecule has 1 rings (SSSR count). The molecular formula is C13H14N2O4. The molecule has 0 aromatic carbocycles. The van der Waals surface area contributed by atoms with Crippen molar-refractivity contribution in [1.82, 2.24) is 10.3 Å². The number of aryl methyl sites for hydroxylation is 1. The summed E-state index contributed by atoms with van der Waals surface area (Å²) < 4.78 is 4.39. The second-order valence-corrected chi connectivity index (χ2v) is 3.62. The summed E-state index contributed by atoms with van der Waals surface area (Å²) in [5.41, 5.74) is 0.919. The lowest BCUT2D eigenvalue weighted by Gasteiger charge is -2.07. The average Bonchev–Trinajstić information content (AvgIpc) is 2.39. The molecule has 0 aliphatic carbocycles. The molecule has 19 heavy (non-hydrogen) atoms. The van der Waals surface area contributed by atoms with E-state index in [-0.39, 0.29) is 18.0 Å². The van der Waals surface area contributed by atoms with Crippen LogP contribution in [0.1, 0.15) is 28.7 Å². The van der Waals surface area contributed by atoms with Gasteiger partial charge in [-0.25, -0.2) is 4.98 Å². The van der Waals surface area contributed by atoms with E-state index in [0.29, 0.717) is 11.3 Å². The predicted molar refractivity (Wildman–Crippen MR) is 67.5 cm³/mol. The lowest BCUT2D eigenvalue weighted by Crippen LogP contribution is -2.30.